The van der Waals surface area contributed by atoms with Crippen LogP contribution in [0, 0.1) is 0 Å². The van der Waals surface area contributed by atoms with Gasteiger partial charge in [0.25, 0.3) is 5.91 Å². The summed E-state index contributed by atoms with van der Waals surface area (Å²) in [6, 6.07) is 16.6. The normalized spacial score (nSPS) is 13.9. The Labute approximate surface area is 151 Å². The summed E-state index contributed by atoms with van der Waals surface area (Å²) in [6.45, 7) is 1.80. The SMILES string of the molecule is O=C(c1cccc(O)c1)N1CCc2nc(Cc3ccccc3)nn2CC1. The van der Waals surface area contributed by atoms with E-state index in [4.69, 9.17) is 0 Å². The molecule has 2 heterocycles. The molecule has 2 aromatic carbocycles. The van der Waals surface area contributed by atoms with E-state index in [1.165, 1.54) is 11.6 Å². The van der Waals surface area contributed by atoms with E-state index < -0.39 is 0 Å². The van der Waals surface area contributed by atoms with Gasteiger partial charge in [-0.05, 0) is 23.8 Å². The standard InChI is InChI=1S/C20H20N4O2/c25-17-8-4-7-16(14-17)20(26)23-10-9-19-21-18(22-24(19)12-11-23)13-15-5-2-1-3-6-15/h1-8,14,25H,9-13H2. The fourth-order valence-corrected chi connectivity index (χ4v) is 3.23. The van der Waals surface area contributed by atoms with Crippen molar-refractivity contribution >= 4 is 5.91 Å². The van der Waals surface area contributed by atoms with Gasteiger partial charge in [-0.2, -0.15) is 5.10 Å². The van der Waals surface area contributed by atoms with Gasteiger partial charge in [0.15, 0.2) is 5.82 Å². The number of rotatable bonds is 3. The number of fused-ring (bicyclic) bond motifs is 1. The maximum atomic E-state index is 12.7. The lowest BCUT2D eigenvalue weighted by Gasteiger charge is -2.20. The highest BCUT2D eigenvalue weighted by Gasteiger charge is 2.22. The fourth-order valence-electron chi connectivity index (χ4n) is 3.23. The van der Waals surface area contributed by atoms with E-state index in [1.54, 1.807) is 23.1 Å². The van der Waals surface area contributed by atoms with E-state index in [1.807, 2.05) is 22.9 Å². The van der Waals surface area contributed by atoms with Crippen LogP contribution in [0.15, 0.2) is 54.6 Å². The van der Waals surface area contributed by atoms with Crippen LogP contribution in [0.25, 0.3) is 0 Å². The summed E-state index contributed by atoms with van der Waals surface area (Å²) < 4.78 is 1.91. The molecule has 1 aliphatic rings. The van der Waals surface area contributed by atoms with Crippen molar-refractivity contribution in [1.82, 2.24) is 19.7 Å². The minimum absolute atomic E-state index is 0.0730. The predicted molar refractivity (Wildman–Crippen MR) is 97.0 cm³/mol. The molecule has 1 amide bonds. The number of nitrogens with zero attached hydrogens (tertiary/aromatic N) is 4. The van der Waals surface area contributed by atoms with Gasteiger partial charge in [0.1, 0.15) is 11.6 Å². The number of aromatic nitrogens is 3. The van der Waals surface area contributed by atoms with E-state index in [0.29, 0.717) is 38.0 Å². The van der Waals surface area contributed by atoms with Crippen LogP contribution in [0.4, 0.5) is 0 Å². The first-order valence-electron chi connectivity index (χ1n) is 8.74. The minimum Gasteiger partial charge on any atom is -0.508 e. The number of aromatic hydroxyl groups is 1. The van der Waals surface area contributed by atoms with Crippen molar-refractivity contribution < 1.29 is 9.90 Å². The van der Waals surface area contributed by atoms with E-state index in [9.17, 15) is 9.90 Å². The number of hydrogen-bond acceptors (Lipinski definition) is 4. The van der Waals surface area contributed by atoms with Crippen molar-refractivity contribution in [2.24, 2.45) is 0 Å². The van der Waals surface area contributed by atoms with Crippen molar-refractivity contribution in [2.45, 2.75) is 19.4 Å². The molecular weight excluding hydrogens is 328 g/mol. The van der Waals surface area contributed by atoms with Crippen LogP contribution in [0.5, 0.6) is 5.75 Å². The zero-order valence-corrected chi connectivity index (χ0v) is 14.4. The lowest BCUT2D eigenvalue weighted by Crippen LogP contribution is -2.33. The molecule has 0 radical (unpaired) electrons. The molecule has 6 heteroatoms. The van der Waals surface area contributed by atoms with E-state index in [-0.39, 0.29) is 11.7 Å². The summed E-state index contributed by atoms with van der Waals surface area (Å²) >= 11 is 0. The average molecular weight is 348 g/mol. The molecule has 0 atom stereocenters. The lowest BCUT2D eigenvalue weighted by molar-refractivity contribution is 0.0757. The van der Waals surface area contributed by atoms with Crippen LogP contribution in [-0.2, 0) is 19.4 Å². The number of phenols is 1. The van der Waals surface area contributed by atoms with Gasteiger partial charge in [0.05, 0.1) is 6.54 Å². The summed E-state index contributed by atoms with van der Waals surface area (Å²) in [5.74, 6) is 1.77. The van der Waals surface area contributed by atoms with Gasteiger partial charge < -0.3 is 10.0 Å². The molecule has 6 nitrogen and oxygen atoms in total. The molecule has 0 bridgehead atoms. The Morgan fingerprint density at radius 1 is 1.04 bits per heavy atom. The lowest BCUT2D eigenvalue weighted by atomic mass is 10.1. The summed E-state index contributed by atoms with van der Waals surface area (Å²) in [6.07, 6.45) is 1.39. The average Bonchev–Trinajstić information content (AvgIpc) is 2.93. The topological polar surface area (TPSA) is 71.2 Å². The highest BCUT2D eigenvalue weighted by molar-refractivity contribution is 5.94. The minimum atomic E-state index is -0.0730. The highest BCUT2D eigenvalue weighted by atomic mass is 16.3. The molecule has 1 aliphatic heterocycles. The number of phenolic OH excluding ortho intramolecular Hbond substituents is 1. The molecule has 0 saturated heterocycles. The first kappa shape index (κ1) is 16.3. The maximum Gasteiger partial charge on any atom is 0.254 e. The van der Waals surface area contributed by atoms with Gasteiger partial charge in [0.2, 0.25) is 0 Å². The molecule has 1 N–H and O–H groups in total. The molecule has 0 spiro atoms. The van der Waals surface area contributed by atoms with Crippen LogP contribution < -0.4 is 0 Å². The molecule has 0 fully saturated rings. The molecule has 4 rings (SSSR count). The zero-order valence-electron chi connectivity index (χ0n) is 14.4. The number of carbonyl (C=O) groups excluding carboxylic acids is 1. The Balaban J connectivity index is 1.45. The van der Waals surface area contributed by atoms with Crippen LogP contribution in [0.3, 0.4) is 0 Å². The second-order valence-electron chi connectivity index (χ2n) is 6.42. The first-order valence-corrected chi connectivity index (χ1v) is 8.74. The molecular formula is C20H20N4O2. The van der Waals surface area contributed by atoms with Crippen molar-refractivity contribution in [3.8, 4) is 5.75 Å². The Morgan fingerprint density at radius 2 is 1.88 bits per heavy atom. The summed E-state index contributed by atoms with van der Waals surface area (Å²) in [4.78, 5) is 19.1. The Kier molecular flexibility index (Phi) is 4.39. The second-order valence-corrected chi connectivity index (χ2v) is 6.42. The molecule has 0 saturated carbocycles. The van der Waals surface area contributed by atoms with Crippen molar-refractivity contribution in [1.29, 1.82) is 0 Å². The zero-order chi connectivity index (χ0) is 17.9. The maximum absolute atomic E-state index is 12.7. The van der Waals surface area contributed by atoms with Crippen molar-refractivity contribution in [2.75, 3.05) is 13.1 Å². The molecule has 26 heavy (non-hydrogen) atoms. The van der Waals surface area contributed by atoms with E-state index >= 15 is 0 Å². The van der Waals surface area contributed by atoms with Crippen LogP contribution in [0.1, 0.15) is 27.6 Å². The van der Waals surface area contributed by atoms with E-state index in [0.717, 1.165) is 11.6 Å². The Hall–Kier alpha value is -3.15. The summed E-state index contributed by atoms with van der Waals surface area (Å²) in [5.41, 5.74) is 1.69. The largest absolute Gasteiger partial charge is 0.508 e. The fraction of sp³-hybridized carbons (Fsp3) is 0.250. The Morgan fingerprint density at radius 3 is 2.69 bits per heavy atom. The third-order valence-corrected chi connectivity index (χ3v) is 4.56. The van der Waals surface area contributed by atoms with Crippen LogP contribution in [0.2, 0.25) is 0 Å². The van der Waals surface area contributed by atoms with Gasteiger partial charge in [-0.25, -0.2) is 9.67 Å². The van der Waals surface area contributed by atoms with Gasteiger partial charge in [-0.3, -0.25) is 4.79 Å². The molecule has 132 valence electrons. The molecule has 1 aromatic heterocycles. The van der Waals surface area contributed by atoms with Gasteiger partial charge in [-0.1, -0.05) is 36.4 Å². The van der Waals surface area contributed by atoms with Gasteiger partial charge in [-0.15, -0.1) is 0 Å². The number of hydrogen-bond donors (Lipinski definition) is 1. The van der Waals surface area contributed by atoms with Crippen molar-refractivity contribution in [3.05, 3.63) is 77.4 Å². The first-order chi connectivity index (χ1) is 12.7. The number of carbonyl (C=O) groups is 1. The van der Waals surface area contributed by atoms with Crippen LogP contribution in [-0.4, -0.2) is 43.8 Å². The van der Waals surface area contributed by atoms with E-state index in [2.05, 4.69) is 22.2 Å². The highest BCUT2D eigenvalue weighted by Crippen LogP contribution is 2.16. The second kappa shape index (κ2) is 7.00. The van der Waals surface area contributed by atoms with Crippen molar-refractivity contribution in [3.63, 3.8) is 0 Å². The summed E-state index contributed by atoms with van der Waals surface area (Å²) in [7, 11) is 0. The third-order valence-electron chi connectivity index (χ3n) is 4.56. The molecule has 3 aromatic rings. The third kappa shape index (κ3) is 3.44. The monoisotopic (exact) mass is 348 g/mol. The quantitative estimate of drug-likeness (QED) is 0.788. The predicted octanol–water partition coefficient (Wildman–Crippen LogP) is 2.27. The van der Waals surface area contributed by atoms with Gasteiger partial charge in [0, 0.05) is 31.5 Å². The molecule has 0 aliphatic carbocycles. The van der Waals surface area contributed by atoms with Gasteiger partial charge >= 0.3 is 0 Å². The number of amides is 1. The van der Waals surface area contributed by atoms with Crippen LogP contribution >= 0.6 is 0 Å². The number of benzene rings is 2. The Bertz CT molecular complexity index is 895. The molecule has 0 unspecified atom stereocenters. The summed E-state index contributed by atoms with van der Waals surface area (Å²) in [5, 5.41) is 14.2. The smallest absolute Gasteiger partial charge is 0.254 e.